The zero-order valence-corrected chi connectivity index (χ0v) is 18.4. The number of carbonyl (C=O) groups is 3. The van der Waals surface area contributed by atoms with Gasteiger partial charge in [0.2, 0.25) is 12.7 Å². The molecule has 2 aromatic rings. The van der Waals surface area contributed by atoms with Gasteiger partial charge < -0.3 is 24.5 Å². The molecule has 0 spiro atoms. The predicted molar refractivity (Wildman–Crippen MR) is 115 cm³/mol. The summed E-state index contributed by atoms with van der Waals surface area (Å²) in [6.07, 6.45) is 0.500. The zero-order valence-electron chi connectivity index (χ0n) is 17.5. The van der Waals surface area contributed by atoms with Crippen molar-refractivity contribution in [3.05, 3.63) is 51.7 Å². The van der Waals surface area contributed by atoms with Crippen LogP contribution >= 0.6 is 11.3 Å². The predicted octanol–water partition coefficient (Wildman–Crippen LogP) is 2.13. The number of esters is 2. The van der Waals surface area contributed by atoms with E-state index < -0.39 is 37.2 Å². The van der Waals surface area contributed by atoms with Gasteiger partial charge in [-0.05, 0) is 50.3 Å². The molecule has 0 saturated carbocycles. The molecule has 10 heteroatoms. The van der Waals surface area contributed by atoms with Crippen molar-refractivity contribution >= 4 is 36.3 Å². The van der Waals surface area contributed by atoms with Crippen LogP contribution < -0.4 is 9.97 Å². The van der Waals surface area contributed by atoms with E-state index >= 15 is 0 Å². The SMILES string of the molecule is CC(C)(C)C(=O)OCOC(=O)c1cccc2c1OB(O)[C@@H](NC(=O)Cc1cccs1)C2. The van der Waals surface area contributed by atoms with E-state index in [2.05, 4.69) is 5.32 Å². The molecule has 1 aliphatic heterocycles. The third-order valence-electron chi connectivity index (χ3n) is 4.59. The van der Waals surface area contributed by atoms with Crippen LogP contribution in [0.3, 0.4) is 0 Å². The van der Waals surface area contributed by atoms with Crippen molar-refractivity contribution in [1.82, 2.24) is 5.32 Å². The largest absolute Gasteiger partial charge is 0.547 e. The Morgan fingerprint density at radius 1 is 1.23 bits per heavy atom. The highest BCUT2D eigenvalue weighted by Gasteiger charge is 2.38. The van der Waals surface area contributed by atoms with Crippen LogP contribution in [0.1, 0.15) is 41.6 Å². The van der Waals surface area contributed by atoms with Crippen LogP contribution in [0.2, 0.25) is 0 Å². The molecule has 2 heterocycles. The van der Waals surface area contributed by atoms with E-state index in [0.717, 1.165) is 4.88 Å². The number of nitrogens with one attached hydrogen (secondary N) is 1. The van der Waals surface area contributed by atoms with E-state index in [1.54, 1.807) is 32.9 Å². The van der Waals surface area contributed by atoms with Gasteiger partial charge in [0.15, 0.2) is 0 Å². The molecule has 0 saturated heterocycles. The number of para-hydroxylation sites is 1. The van der Waals surface area contributed by atoms with E-state index in [1.165, 1.54) is 17.4 Å². The maximum atomic E-state index is 12.4. The number of amides is 1. The average molecular weight is 445 g/mol. The number of fused-ring (bicyclic) bond motifs is 1. The van der Waals surface area contributed by atoms with Crippen molar-refractivity contribution in [3.63, 3.8) is 0 Å². The molecule has 31 heavy (non-hydrogen) atoms. The van der Waals surface area contributed by atoms with Gasteiger partial charge in [0.05, 0.1) is 17.8 Å². The van der Waals surface area contributed by atoms with Crippen LogP contribution in [-0.4, -0.2) is 42.7 Å². The summed E-state index contributed by atoms with van der Waals surface area (Å²) in [7, 11) is -1.33. The molecule has 1 aliphatic rings. The summed E-state index contributed by atoms with van der Waals surface area (Å²) >= 11 is 1.48. The normalized spacial score (nSPS) is 15.5. The van der Waals surface area contributed by atoms with E-state index in [4.69, 9.17) is 14.1 Å². The number of hydrogen-bond acceptors (Lipinski definition) is 8. The standard InChI is InChI=1S/C21H24BNO7S/c1-21(2,3)20(26)29-12-28-19(25)15-8-4-6-13-10-16(22(27)30-18(13)15)23-17(24)11-14-7-5-9-31-14/h4-9,16,27H,10-12H2,1-3H3,(H,23,24)/t16-/m0/s1. The Kier molecular flexibility index (Phi) is 7.02. The molecule has 1 amide bonds. The van der Waals surface area contributed by atoms with Gasteiger partial charge in [0.25, 0.3) is 0 Å². The molecular weight excluding hydrogens is 421 g/mol. The molecule has 8 nitrogen and oxygen atoms in total. The fraction of sp³-hybridized carbons (Fsp3) is 0.381. The van der Waals surface area contributed by atoms with Crippen LogP contribution in [0.4, 0.5) is 0 Å². The molecule has 1 aromatic carbocycles. The van der Waals surface area contributed by atoms with Gasteiger partial charge in [0.1, 0.15) is 11.3 Å². The number of hydrogen-bond donors (Lipinski definition) is 2. The Morgan fingerprint density at radius 3 is 2.68 bits per heavy atom. The lowest BCUT2D eigenvalue weighted by Crippen LogP contribution is -2.53. The Morgan fingerprint density at radius 2 is 2.00 bits per heavy atom. The average Bonchev–Trinajstić information content (AvgIpc) is 3.20. The van der Waals surface area contributed by atoms with Crippen LogP contribution in [0.15, 0.2) is 35.7 Å². The Bertz CT molecular complexity index is 955. The molecule has 0 bridgehead atoms. The first-order valence-electron chi connectivity index (χ1n) is 9.78. The zero-order chi connectivity index (χ0) is 22.6. The van der Waals surface area contributed by atoms with Crippen LogP contribution in [0, 0.1) is 5.41 Å². The number of benzene rings is 1. The molecule has 0 unspecified atom stereocenters. The first-order chi connectivity index (χ1) is 14.6. The lowest BCUT2D eigenvalue weighted by Gasteiger charge is -2.29. The molecule has 1 aromatic heterocycles. The Labute approximate surface area is 184 Å². The maximum absolute atomic E-state index is 12.4. The third-order valence-corrected chi connectivity index (χ3v) is 5.47. The molecule has 1 atom stereocenters. The molecule has 0 aliphatic carbocycles. The first kappa shape index (κ1) is 22.8. The quantitative estimate of drug-likeness (QED) is 0.398. The van der Waals surface area contributed by atoms with Crippen molar-refractivity contribution < 1.29 is 33.5 Å². The summed E-state index contributed by atoms with van der Waals surface area (Å²) in [5.74, 6) is -1.94. The van der Waals surface area contributed by atoms with Crippen LogP contribution in [-0.2, 0) is 31.9 Å². The fourth-order valence-corrected chi connectivity index (χ4v) is 3.67. The van der Waals surface area contributed by atoms with Crippen molar-refractivity contribution in [2.75, 3.05) is 6.79 Å². The molecule has 0 fully saturated rings. The highest BCUT2D eigenvalue weighted by atomic mass is 32.1. The van der Waals surface area contributed by atoms with Gasteiger partial charge in [0, 0.05) is 4.88 Å². The summed E-state index contributed by atoms with van der Waals surface area (Å²) < 4.78 is 15.5. The van der Waals surface area contributed by atoms with E-state index in [1.807, 2.05) is 17.5 Å². The smallest absolute Gasteiger partial charge is 0.534 e. The Balaban J connectivity index is 1.62. The van der Waals surface area contributed by atoms with Crippen LogP contribution in [0.25, 0.3) is 0 Å². The number of rotatable bonds is 6. The van der Waals surface area contributed by atoms with E-state index in [0.29, 0.717) is 5.56 Å². The molecular formula is C21H24BNO7S. The summed E-state index contributed by atoms with van der Waals surface area (Å²) in [6.45, 7) is 4.54. The molecule has 3 rings (SSSR count). The summed E-state index contributed by atoms with van der Waals surface area (Å²) in [6, 6.07) is 8.63. The summed E-state index contributed by atoms with van der Waals surface area (Å²) in [5, 5.41) is 15.0. The lowest BCUT2D eigenvalue weighted by molar-refractivity contribution is -0.161. The Hall–Kier alpha value is -2.85. The number of carbonyl (C=O) groups excluding carboxylic acids is 3. The van der Waals surface area contributed by atoms with E-state index in [-0.39, 0.29) is 30.1 Å². The van der Waals surface area contributed by atoms with Gasteiger partial charge in [-0.25, -0.2) is 4.79 Å². The fourth-order valence-electron chi connectivity index (χ4n) is 2.97. The monoisotopic (exact) mass is 445 g/mol. The van der Waals surface area contributed by atoms with Gasteiger partial charge in [-0.15, -0.1) is 11.3 Å². The van der Waals surface area contributed by atoms with Gasteiger partial charge in [-0.2, -0.15) is 0 Å². The highest BCUT2D eigenvalue weighted by molar-refractivity contribution is 7.10. The minimum absolute atomic E-state index is 0.103. The second kappa shape index (κ2) is 9.53. The molecule has 2 N–H and O–H groups in total. The minimum atomic E-state index is -1.33. The second-order valence-corrected chi connectivity index (χ2v) is 9.20. The summed E-state index contributed by atoms with van der Waals surface area (Å²) in [4.78, 5) is 37.4. The summed E-state index contributed by atoms with van der Waals surface area (Å²) in [5.41, 5.74) is 0.0358. The van der Waals surface area contributed by atoms with Crippen LogP contribution in [0.5, 0.6) is 5.75 Å². The van der Waals surface area contributed by atoms with Gasteiger partial charge in [-0.1, -0.05) is 18.2 Å². The lowest BCUT2D eigenvalue weighted by atomic mass is 9.72. The molecule has 164 valence electrons. The first-order valence-corrected chi connectivity index (χ1v) is 10.7. The highest BCUT2D eigenvalue weighted by Crippen LogP contribution is 2.30. The molecule has 0 radical (unpaired) electrons. The van der Waals surface area contributed by atoms with Gasteiger partial charge >= 0.3 is 19.1 Å². The maximum Gasteiger partial charge on any atom is 0.547 e. The minimum Gasteiger partial charge on any atom is -0.534 e. The van der Waals surface area contributed by atoms with Crippen molar-refractivity contribution in [2.24, 2.45) is 5.41 Å². The van der Waals surface area contributed by atoms with E-state index in [9.17, 15) is 19.4 Å². The number of ether oxygens (including phenoxy) is 2. The topological polar surface area (TPSA) is 111 Å². The van der Waals surface area contributed by atoms with Crippen molar-refractivity contribution in [3.8, 4) is 5.75 Å². The van der Waals surface area contributed by atoms with Crippen molar-refractivity contribution in [2.45, 2.75) is 39.6 Å². The number of thiophene rings is 1. The van der Waals surface area contributed by atoms with Crippen molar-refractivity contribution in [1.29, 1.82) is 0 Å². The second-order valence-electron chi connectivity index (χ2n) is 8.17. The van der Waals surface area contributed by atoms with Gasteiger partial charge in [-0.3, -0.25) is 9.59 Å². The third kappa shape index (κ3) is 5.86.